The summed E-state index contributed by atoms with van der Waals surface area (Å²) in [5.41, 5.74) is 3.05. The number of aromatic nitrogens is 5. The molecule has 2 N–H and O–H groups in total. The summed E-state index contributed by atoms with van der Waals surface area (Å²) in [6.45, 7) is 0.422. The van der Waals surface area contributed by atoms with Crippen molar-refractivity contribution in [1.29, 1.82) is 5.41 Å². The normalized spacial score (nSPS) is 36.1. The smallest absolute Gasteiger partial charge is 0.173 e. The second-order valence-electron chi connectivity index (χ2n) is 9.41. The van der Waals surface area contributed by atoms with Crippen LogP contribution in [-0.4, -0.2) is 24.5 Å². The van der Waals surface area contributed by atoms with E-state index in [-0.39, 0.29) is 5.49 Å². The van der Waals surface area contributed by atoms with Crippen LogP contribution in [0.1, 0.15) is 43.0 Å². The Morgan fingerprint density at radius 3 is 2.86 bits per heavy atom. The molecular formula is C21H20Cl2N6. The van der Waals surface area contributed by atoms with E-state index in [0.29, 0.717) is 33.6 Å². The van der Waals surface area contributed by atoms with E-state index in [9.17, 15) is 0 Å². The lowest BCUT2D eigenvalue weighted by Crippen LogP contribution is -2.61. The van der Waals surface area contributed by atoms with Gasteiger partial charge in [-0.3, -0.25) is 5.41 Å². The number of halogens is 2. The predicted molar refractivity (Wildman–Crippen MR) is 109 cm³/mol. The van der Waals surface area contributed by atoms with Gasteiger partial charge in [0.15, 0.2) is 11.1 Å². The molecule has 148 valence electrons. The number of imidazole rings is 1. The highest BCUT2D eigenvalue weighted by atomic mass is 35.5. The minimum absolute atomic E-state index is 0.229. The number of nitrogens with one attached hydrogen (secondary N) is 2. The molecule has 1 spiro atoms. The molecule has 7 rings (SSSR count). The highest BCUT2D eigenvalue weighted by molar-refractivity contribution is 6.35. The molecule has 6 unspecified atom stereocenters. The lowest BCUT2D eigenvalue weighted by Gasteiger charge is -2.67. The monoisotopic (exact) mass is 426 g/mol. The van der Waals surface area contributed by atoms with E-state index in [4.69, 9.17) is 33.6 Å². The Labute approximate surface area is 177 Å². The second kappa shape index (κ2) is 5.41. The highest BCUT2D eigenvalue weighted by Gasteiger charge is 2.76. The lowest BCUT2D eigenvalue weighted by molar-refractivity contribution is -0.182. The fourth-order valence-electron chi connectivity index (χ4n) is 7.47. The number of pyridine rings is 1. The fourth-order valence-corrected chi connectivity index (χ4v) is 7.95. The first-order valence-electron chi connectivity index (χ1n) is 10.3. The average Bonchev–Trinajstić information content (AvgIpc) is 3.34. The molecule has 0 aliphatic heterocycles. The number of hydrogen-bond donors (Lipinski definition) is 2. The zero-order chi connectivity index (χ0) is 19.5. The van der Waals surface area contributed by atoms with E-state index in [2.05, 4.69) is 15.0 Å². The topological polar surface area (TPSA) is 83.2 Å². The van der Waals surface area contributed by atoms with Gasteiger partial charge in [0.25, 0.3) is 0 Å². The number of hydrogen-bond acceptors (Lipinski definition) is 4. The maximum atomic E-state index is 8.29. The van der Waals surface area contributed by atoms with Crippen LogP contribution in [0.5, 0.6) is 0 Å². The van der Waals surface area contributed by atoms with Crippen LogP contribution in [-0.2, 0) is 6.54 Å². The Bertz CT molecular complexity index is 1230. The van der Waals surface area contributed by atoms with Gasteiger partial charge in [0, 0.05) is 17.7 Å². The van der Waals surface area contributed by atoms with Gasteiger partial charge in [-0.2, -0.15) is 0 Å². The standard InChI is InChI=1S/C21H20Cl2N6/c22-14-1-2-25-17(23)12(14)7-29-8-26-18(24)16-20(29)28-19(27-16)15-9-3-10-4-11-5-13(15)21(10,11)6-9/h1-2,8-11,13,15,24H,3-7H2,(H,27,28). The molecule has 4 saturated carbocycles. The van der Waals surface area contributed by atoms with Crippen molar-refractivity contribution in [1.82, 2.24) is 24.5 Å². The predicted octanol–water partition coefficient (Wildman–Crippen LogP) is 4.14. The van der Waals surface area contributed by atoms with Crippen molar-refractivity contribution in [3.05, 3.63) is 45.6 Å². The first-order valence-corrected chi connectivity index (χ1v) is 11.1. The van der Waals surface area contributed by atoms with Crippen LogP contribution < -0.4 is 5.49 Å². The van der Waals surface area contributed by atoms with Crippen LogP contribution in [0.25, 0.3) is 11.2 Å². The molecule has 4 aliphatic carbocycles. The Kier molecular flexibility index (Phi) is 3.14. The van der Waals surface area contributed by atoms with Gasteiger partial charge in [0.1, 0.15) is 16.5 Å². The van der Waals surface area contributed by atoms with Gasteiger partial charge in [0.2, 0.25) is 0 Å². The molecule has 6 nitrogen and oxygen atoms in total. The molecule has 0 radical (unpaired) electrons. The van der Waals surface area contributed by atoms with E-state index in [1.54, 1.807) is 18.6 Å². The Morgan fingerprint density at radius 2 is 2.07 bits per heavy atom. The number of fused-ring (bicyclic) bond motifs is 2. The number of aromatic amines is 1. The first kappa shape index (κ1) is 16.8. The van der Waals surface area contributed by atoms with Crippen molar-refractivity contribution in [3.63, 3.8) is 0 Å². The van der Waals surface area contributed by atoms with Gasteiger partial charge < -0.3 is 9.55 Å². The van der Waals surface area contributed by atoms with Gasteiger partial charge in [-0.05, 0) is 60.8 Å². The van der Waals surface area contributed by atoms with Crippen molar-refractivity contribution < 1.29 is 0 Å². The van der Waals surface area contributed by atoms with Crippen molar-refractivity contribution >= 4 is 34.4 Å². The third-order valence-electron chi connectivity index (χ3n) is 8.59. The summed E-state index contributed by atoms with van der Waals surface area (Å²) in [6.07, 6.45) is 8.83. The summed E-state index contributed by atoms with van der Waals surface area (Å²) in [4.78, 5) is 16.9. The second-order valence-corrected chi connectivity index (χ2v) is 10.2. The Morgan fingerprint density at radius 1 is 1.21 bits per heavy atom. The molecule has 4 fully saturated rings. The number of H-pyrrole nitrogens is 1. The van der Waals surface area contributed by atoms with Gasteiger partial charge in [-0.1, -0.05) is 23.2 Å². The maximum absolute atomic E-state index is 8.29. The molecule has 0 amide bonds. The zero-order valence-electron chi connectivity index (χ0n) is 15.7. The van der Waals surface area contributed by atoms with Crippen LogP contribution in [0, 0.1) is 34.5 Å². The third-order valence-corrected chi connectivity index (χ3v) is 9.27. The molecule has 6 atom stereocenters. The summed E-state index contributed by atoms with van der Waals surface area (Å²) < 4.78 is 1.92. The molecule has 8 heteroatoms. The molecule has 0 saturated heterocycles. The van der Waals surface area contributed by atoms with E-state index >= 15 is 0 Å². The van der Waals surface area contributed by atoms with E-state index in [0.717, 1.165) is 40.7 Å². The molecular weight excluding hydrogens is 407 g/mol. The van der Waals surface area contributed by atoms with E-state index in [1.165, 1.54) is 25.7 Å². The SMILES string of the molecule is N=c1ncn(Cc2c(Cl)ccnc2Cl)c2nc(C3C4CC5CC6CC3C56C4)[nH]c12. The first-order chi connectivity index (χ1) is 14.1. The van der Waals surface area contributed by atoms with Crippen LogP contribution in [0.3, 0.4) is 0 Å². The summed E-state index contributed by atoms with van der Waals surface area (Å²) in [5.74, 6) is 5.04. The molecule has 3 aromatic rings. The average molecular weight is 427 g/mol. The highest BCUT2D eigenvalue weighted by Crippen LogP contribution is 2.84. The molecule has 3 heterocycles. The van der Waals surface area contributed by atoms with E-state index in [1.807, 2.05) is 4.57 Å². The van der Waals surface area contributed by atoms with Gasteiger partial charge in [-0.15, -0.1) is 0 Å². The molecule has 3 aromatic heterocycles. The van der Waals surface area contributed by atoms with Gasteiger partial charge >= 0.3 is 0 Å². The van der Waals surface area contributed by atoms with Crippen LogP contribution in [0.2, 0.25) is 10.2 Å². The number of rotatable bonds is 3. The quantitative estimate of drug-likeness (QED) is 0.617. The molecule has 2 bridgehead atoms. The Hall–Kier alpha value is -1.92. The molecule has 4 aliphatic rings. The minimum atomic E-state index is 0.229. The van der Waals surface area contributed by atoms with Gasteiger partial charge in [-0.25, -0.2) is 15.0 Å². The maximum Gasteiger partial charge on any atom is 0.173 e. The third kappa shape index (κ3) is 1.95. The Balaban J connectivity index is 1.32. The van der Waals surface area contributed by atoms with Crippen molar-refractivity contribution in [2.45, 2.75) is 38.1 Å². The van der Waals surface area contributed by atoms with E-state index < -0.39 is 0 Å². The van der Waals surface area contributed by atoms with Gasteiger partial charge in [0.05, 0.1) is 17.9 Å². The fraction of sp³-hybridized carbons (Fsp3) is 0.524. The summed E-state index contributed by atoms with van der Waals surface area (Å²) in [7, 11) is 0. The number of nitrogens with zero attached hydrogens (tertiary/aromatic N) is 4. The van der Waals surface area contributed by atoms with Crippen molar-refractivity contribution in [3.8, 4) is 0 Å². The van der Waals surface area contributed by atoms with Crippen LogP contribution >= 0.6 is 23.2 Å². The summed E-state index contributed by atoms with van der Waals surface area (Å²) in [6, 6.07) is 1.74. The molecule has 0 aromatic carbocycles. The largest absolute Gasteiger partial charge is 0.337 e. The van der Waals surface area contributed by atoms with Crippen molar-refractivity contribution in [2.75, 3.05) is 0 Å². The van der Waals surface area contributed by atoms with Crippen molar-refractivity contribution in [2.24, 2.45) is 29.1 Å². The lowest BCUT2D eigenvalue weighted by atomic mass is 9.37. The minimum Gasteiger partial charge on any atom is -0.337 e. The zero-order valence-corrected chi connectivity index (χ0v) is 17.2. The summed E-state index contributed by atoms with van der Waals surface area (Å²) in [5, 5.41) is 9.25. The summed E-state index contributed by atoms with van der Waals surface area (Å²) >= 11 is 12.6. The molecule has 29 heavy (non-hydrogen) atoms. The van der Waals surface area contributed by atoms with Crippen LogP contribution in [0.4, 0.5) is 0 Å². The van der Waals surface area contributed by atoms with Crippen LogP contribution in [0.15, 0.2) is 18.6 Å².